The molecular weight excluding hydrogens is 230 g/mol. The highest BCUT2D eigenvalue weighted by molar-refractivity contribution is 7.81. The lowest BCUT2D eigenvalue weighted by molar-refractivity contribution is -0.121. The fourth-order valence-electron chi connectivity index (χ4n) is 1.65. The molecule has 0 saturated carbocycles. The van der Waals surface area contributed by atoms with Crippen molar-refractivity contribution in [2.45, 2.75) is 38.5 Å². The van der Waals surface area contributed by atoms with Crippen LogP contribution in [0.2, 0.25) is 0 Å². The lowest BCUT2D eigenvalue weighted by atomic mass is 10.1. The summed E-state index contributed by atoms with van der Waals surface area (Å²) in [5, 5.41) is 2.77. The van der Waals surface area contributed by atoms with Crippen LogP contribution in [0.3, 0.4) is 0 Å². The van der Waals surface area contributed by atoms with E-state index < -0.39 is 0 Å². The van der Waals surface area contributed by atoms with Crippen LogP contribution in [0.1, 0.15) is 26.3 Å². The fourth-order valence-corrected chi connectivity index (χ4v) is 1.72. The number of hydrogen-bond donors (Lipinski definition) is 2. The van der Waals surface area contributed by atoms with Gasteiger partial charge in [0.1, 0.15) is 0 Å². The molecule has 0 fully saturated rings. The van der Waals surface area contributed by atoms with E-state index in [0.29, 0.717) is 0 Å². The summed E-state index contributed by atoms with van der Waals surface area (Å²) in [4.78, 5) is 11.8. The van der Waals surface area contributed by atoms with Crippen LogP contribution >= 0.6 is 12.6 Å². The summed E-state index contributed by atoms with van der Waals surface area (Å²) in [7, 11) is 0. The average Bonchev–Trinajstić information content (AvgIpc) is 2.28. The molecule has 3 heteroatoms. The first-order valence-corrected chi connectivity index (χ1v) is 6.54. The average molecular weight is 251 g/mol. The summed E-state index contributed by atoms with van der Waals surface area (Å²) in [6.45, 7) is 6.02. The SMILES string of the molecule is CC(Cc1ccccc1)NC(=O)C(S)C(C)C. The number of nitrogens with one attached hydrogen (secondary N) is 1. The van der Waals surface area contributed by atoms with Crippen molar-refractivity contribution >= 4 is 18.5 Å². The second-order valence-electron chi connectivity index (χ2n) is 4.79. The monoisotopic (exact) mass is 251 g/mol. The van der Waals surface area contributed by atoms with Gasteiger partial charge in [0.05, 0.1) is 5.25 Å². The first kappa shape index (κ1) is 14.1. The minimum absolute atomic E-state index is 0.0202. The minimum Gasteiger partial charge on any atom is -0.352 e. The van der Waals surface area contributed by atoms with Gasteiger partial charge in [-0.25, -0.2) is 0 Å². The summed E-state index contributed by atoms with van der Waals surface area (Å²) >= 11 is 4.31. The number of rotatable bonds is 5. The number of thiol groups is 1. The van der Waals surface area contributed by atoms with Gasteiger partial charge in [-0.2, -0.15) is 12.6 Å². The van der Waals surface area contributed by atoms with Crippen molar-refractivity contribution < 1.29 is 4.79 Å². The molecule has 2 unspecified atom stereocenters. The second-order valence-corrected chi connectivity index (χ2v) is 5.34. The first-order valence-electron chi connectivity index (χ1n) is 6.03. The van der Waals surface area contributed by atoms with Crippen molar-refractivity contribution in [2.24, 2.45) is 5.92 Å². The smallest absolute Gasteiger partial charge is 0.233 e. The minimum atomic E-state index is -0.228. The molecule has 0 spiro atoms. The van der Waals surface area contributed by atoms with Gasteiger partial charge in [0.25, 0.3) is 0 Å². The molecule has 17 heavy (non-hydrogen) atoms. The van der Waals surface area contributed by atoms with Crippen LogP contribution < -0.4 is 5.32 Å². The van der Waals surface area contributed by atoms with Crippen molar-refractivity contribution in [1.82, 2.24) is 5.32 Å². The van der Waals surface area contributed by atoms with Gasteiger partial charge < -0.3 is 5.32 Å². The topological polar surface area (TPSA) is 29.1 Å². The highest BCUT2D eigenvalue weighted by Crippen LogP contribution is 2.10. The predicted octanol–water partition coefficient (Wildman–Crippen LogP) is 2.69. The molecule has 2 nitrogen and oxygen atoms in total. The zero-order chi connectivity index (χ0) is 12.8. The first-order chi connectivity index (χ1) is 8.00. The molecule has 0 aliphatic heterocycles. The third-order valence-corrected chi connectivity index (χ3v) is 3.50. The quantitative estimate of drug-likeness (QED) is 0.774. The molecule has 1 amide bonds. The van der Waals surface area contributed by atoms with Crippen LogP contribution in [0.25, 0.3) is 0 Å². The largest absolute Gasteiger partial charge is 0.352 e. The second kappa shape index (κ2) is 6.70. The van der Waals surface area contributed by atoms with Gasteiger partial charge in [-0.3, -0.25) is 4.79 Å². The van der Waals surface area contributed by atoms with Crippen LogP contribution in [-0.2, 0) is 11.2 Å². The van der Waals surface area contributed by atoms with E-state index in [1.54, 1.807) is 0 Å². The Morgan fingerprint density at radius 1 is 1.24 bits per heavy atom. The number of benzene rings is 1. The van der Waals surface area contributed by atoms with Gasteiger partial charge in [0.15, 0.2) is 0 Å². The zero-order valence-corrected chi connectivity index (χ0v) is 11.6. The Morgan fingerprint density at radius 3 is 2.35 bits per heavy atom. The maximum Gasteiger partial charge on any atom is 0.233 e. The van der Waals surface area contributed by atoms with E-state index in [1.807, 2.05) is 39.0 Å². The predicted molar refractivity (Wildman–Crippen MR) is 75.4 cm³/mol. The van der Waals surface area contributed by atoms with E-state index in [-0.39, 0.29) is 23.1 Å². The van der Waals surface area contributed by atoms with Crippen LogP contribution in [0.15, 0.2) is 30.3 Å². The van der Waals surface area contributed by atoms with Gasteiger partial charge in [-0.1, -0.05) is 44.2 Å². The molecule has 0 aromatic heterocycles. The van der Waals surface area contributed by atoms with E-state index in [9.17, 15) is 4.79 Å². The molecule has 1 N–H and O–H groups in total. The Balaban J connectivity index is 2.45. The Hall–Kier alpha value is -0.960. The summed E-state index contributed by atoms with van der Waals surface area (Å²) in [5.41, 5.74) is 1.24. The molecule has 94 valence electrons. The summed E-state index contributed by atoms with van der Waals surface area (Å²) in [6.07, 6.45) is 0.852. The summed E-state index contributed by atoms with van der Waals surface area (Å²) in [6, 6.07) is 10.3. The van der Waals surface area contributed by atoms with E-state index in [1.165, 1.54) is 5.56 Å². The van der Waals surface area contributed by atoms with E-state index in [0.717, 1.165) is 6.42 Å². The third-order valence-electron chi connectivity index (χ3n) is 2.67. The van der Waals surface area contributed by atoms with Gasteiger partial charge >= 0.3 is 0 Å². The molecule has 1 aromatic rings. The maximum atomic E-state index is 11.8. The molecule has 2 atom stereocenters. The molecule has 0 bridgehead atoms. The summed E-state index contributed by atoms with van der Waals surface area (Å²) in [5.74, 6) is 0.272. The standard InChI is InChI=1S/C14H21NOS/c1-10(2)13(17)14(16)15-11(3)9-12-7-5-4-6-8-12/h4-8,10-11,13,17H,9H2,1-3H3,(H,15,16). The molecule has 1 rings (SSSR count). The van der Waals surface area contributed by atoms with Crippen molar-refractivity contribution in [3.8, 4) is 0 Å². The highest BCUT2D eigenvalue weighted by Gasteiger charge is 2.19. The molecule has 0 saturated heterocycles. The van der Waals surface area contributed by atoms with Gasteiger partial charge in [-0.15, -0.1) is 0 Å². The lowest BCUT2D eigenvalue weighted by Crippen LogP contribution is -2.40. The van der Waals surface area contributed by atoms with E-state index in [2.05, 4.69) is 30.1 Å². The Labute approximate surface area is 109 Å². The van der Waals surface area contributed by atoms with Crippen molar-refractivity contribution in [1.29, 1.82) is 0 Å². The van der Waals surface area contributed by atoms with Gasteiger partial charge in [-0.05, 0) is 24.8 Å². The molecular formula is C14H21NOS. The molecule has 1 aromatic carbocycles. The Kier molecular flexibility index (Phi) is 5.56. The van der Waals surface area contributed by atoms with Crippen LogP contribution in [0.4, 0.5) is 0 Å². The van der Waals surface area contributed by atoms with Crippen molar-refractivity contribution in [2.75, 3.05) is 0 Å². The number of amides is 1. The molecule has 0 aliphatic carbocycles. The number of carbonyl (C=O) groups excluding carboxylic acids is 1. The van der Waals surface area contributed by atoms with Crippen LogP contribution in [0, 0.1) is 5.92 Å². The fraction of sp³-hybridized carbons (Fsp3) is 0.500. The highest BCUT2D eigenvalue weighted by atomic mass is 32.1. The molecule has 0 radical (unpaired) electrons. The van der Waals surface area contributed by atoms with Crippen molar-refractivity contribution in [3.05, 3.63) is 35.9 Å². The molecule has 0 aliphatic rings. The van der Waals surface area contributed by atoms with Crippen LogP contribution in [-0.4, -0.2) is 17.2 Å². The van der Waals surface area contributed by atoms with Crippen LogP contribution in [0.5, 0.6) is 0 Å². The van der Waals surface area contributed by atoms with Gasteiger partial charge in [0.2, 0.25) is 5.91 Å². The lowest BCUT2D eigenvalue weighted by Gasteiger charge is -2.19. The van der Waals surface area contributed by atoms with E-state index in [4.69, 9.17) is 0 Å². The zero-order valence-electron chi connectivity index (χ0n) is 10.7. The normalized spacial score (nSPS) is 14.4. The maximum absolute atomic E-state index is 11.8. The number of carbonyl (C=O) groups is 1. The Bertz CT molecular complexity index is 350. The van der Waals surface area contributed by atoms with Gasteiger partial charge in [0, 0.05) is 6.04 Å². The van der Waals surface area contributed by atoms with Crippen molar-refractivity contribution in [3.63, 3.8) is 0 Å². The Morgan fingerprint density at radius 2 is 1.82 bits per heavy atom. The molecule has 0 heterocycles. The van der Waals surface area contributed by atoms with E-state index >= 15 is 0 Å². The summed E-state index contributed by atoms with van der Waals surface area (Å²) < 4.78 is 0. The third kappa shape index (κ3) is 4.82. The number of hydrogen-bond acceptors (Lipinski definition) is 2.